The summed E-state index contributed by atoms with van der Waals surface area (Å²) in [6.07, 6.45) is 0.723. The molecule has 2 unspecified atom stereocenters. The molecule has 204 valence electrons. The third kappa shape index (κ3) is 5.29. The molecule has 1 fully saturated rings. The van der Waals surface area contributed by atoms with Crippen LogP contribution in [0.1, 0.15) is 47.3 Å². The lowest BCUT2D eigenvalue weighted by Gasteiger charge is -2.32. The van der Waals surface area contributed by atoms with Crippen LogP contribution >= 0.6 is 0 Å². The molecule has 3 atom stereocenters. The Morgan fingerprint density at radius 1 is 1.10 bits per heavy atom. The van der Waals surface area contributed by atoms with Gasteiger partial charge < -0.3 is 19.9 Å². The molecule has 11 heteroatoms. The summed E-state index contributed by atoms with van der Waals surface area (Å²) >= 11 is 0. The molecule has 2 aromatic carbocycles. The van der Waals surface area contributed by atoms with Crippen molar-refractivity contribution >= 4 is 17.8 Å². The van der Waals surface area contributed by atoms with Gasteiger partial charge in [0.05, 0.1) is 12.5 Å². The van der Waals surface area contributed by atoms with E-state index in [1.54, 1.807) is 19.9 Å². The first-order valence-electron chi connectivity index (χ1n) is 12.2. The van der Waals surface area contributed by atoms with Gasteiger partial charge in [-0.25, -0.2) is 13.2 Å². The standard InChI is InChI=1S/C28H26F3N3O5/c1-14-6-4-8-19(29)24(14)16-11-18(25(31)20(30)12-16)22(13-23(35)36)34-15(2)10-21(28(34)39)32-26(37)17-7-5-9-33(3)27(17)38/h4-9,11-12,15,21-22H,10,13H2,1-3H3,(H,32,37)(H,35,36)/t15?,21?,22-/m0/s1. The zero-order chi connectivity index (χ0) is 28.6. The molecule has 1 aromatic heterocycles. The van der Waals surface area contributed by atoms with E-state index in [2.05, 4.69) is 5.32 Å². The van der Waals surface area contributed by atoms with Crippen molar-refractivity contribution in [1.29, 1.82) is 0 Å². The molecular formula is C28H26F3N3O5. The van der Waals surface area contributed by atoms with Crippen LogP contribution in [0.2, 0.25) is 0 Å². The summed E-state index contributed by atoms with van der Waals surface area (Å²) in [5.74, 6) is -6.27. The van der Waals surface area contributed by atoms with Gasteiger partial charge in [0.2, 0.25) is 5.91 Å². The second-order valence-electron chi connectivity index (χ2n) is 9.60. The van der Waals surface area contributed by atoms with Gasteiger partial charge in [-0.05, 0) is 61.7 Å². The molecule has 39 heavy (non-hydrogen) atoms. The Bertz CT molecular complexity index is 1520. The summed E-state index contributed by atoms with van der Waals surface area (Å²) in [5, 5.41) is 12.1. The van der Waals surface area contributed by atoms with Crippen LogP contribution in [0, 0.1) is 24.4 Å². The van der Waals surface area contributed by atoms with Crippen LogP contribution < -0.4 is 10.9 Å². The van der Waals surface area contributed by atoms with E-state index in [0.29, 0.717) is 5.56 Å². The molecule has 2 amide bonds. The third-order valence-electron chi connectivity index (χ3n) is 6.91. The first-order chi connectivity index (χ1) is 18.4. The number of rotatable bonds is 7. The average molecular weight is 542 g/mol. The number of aliphatic carboxylic acids is 1. The number of amides is 2. The molecule has 1 aliphatic rings. The molecule has 2 N–H and O–H groups in total. The summed E-state index contributed by atoms with van der Waals surface area (Å²) in [5.41, 5.74) is -0.753. The van der Waals surface area contributed by atoms with E-state index in [1.165, 1.54) is 36.0 Å². The molecule has 1 saturated heterocycles. The van der Waals surface area contributed by atoms with Gasteiger partial charge in [-0.15, -0.1) is 0 Å². The molecule has 0 saturated carbocycles. The minimum Gasteiger partial charge on any atom is -0.481 e. The van der Waals surface area contributed by atoms with Crippen molar-refractivity contribution in [2.24, 2.45) is 7.05 Å². The van der Waals surface area contributed by atoms with Crippen LogP contribution in [-0.4, -0.2) is 44.4 Å². The lowest BCUT2D eigenvalue weighted by atomic mass is 9.93. The van der Waals surface area contributed by atoms with Gasteiger partial charge in [-0.3, -0.25) is 19.2 Å². The molecular weight excluding hydrogens is 515 g/mol. The van der Waals surface area contributed by atoms with Crippen LogP contribution in [-0.2, 0) is 16.6 Å². The van der Waals surface area contributed by atoms with Crippen molar-refractivity contribution < 1.29 is 32.7 Å². The summed E-state index contributed by atoms with van der Waals surface area (Å²) in [6.45, 7) is 3.17. The van der Waals surface area contributed by atoms with Gasteiger partial charge in [0.25, 0.3) is 11.5 Å². The quantitative estimate of drug-likeness (QED) is 0.474. The smallest absolute Gasteiger partial charge is 0.305 e. The maximum atomic E-state index is 15.2. The minimum absolute atomic E-state index is 0.0148. The zero-order valence-electron chi connectivity index (χ0n) is 21.4. The zero-order valence-corrected chi connectivity index (χ0v) is 21.4. The molecule has 4 rings (SSSR count). The molecule has 3 aromatic rings. The lowest BCUT2D eigenvalue weighted by molar-refractivity contribution is -0.140. The number of likely N-dealkylation sites (tertiary alicyclic amines) is 1. The van der Waals surface area contributed by atoms with Crippen LogP contribution in [0.15, 0.2) is 53.5 Å². The fraction of sp³-hybridized carbons (Fsp3) is 0.286. The SMILES string of the molecule is Cc1cccc(F)c1-c1cc(F)c(F)c([C@H](CC(=O)O)N2C(=O)C(NC(=O)c3cccn(C)c3=O)CC2C)c1. The Morgan fingerprint density at radius 2 is 1.82 bits per heavy atom. The molecule has 2 heterocycles. The van der Waals surface area contributed by atoms with Crippen molar-refractivity contribution in [2.45, 2.75) is 44.8 Å². The topological polar surface area (TPSA) is 109 Å². The lowest BCUT2D eigenvalue weighted by Crippen LogP contribution is -2.45. The van der Waals surface area contributed by atoms with Crippen molar-refractivity contribution in [3.63, 3.8) is 0 Å². The van der Waals surface area contributed by atoms with Gasteiger partial charge in [0.15, 0.2) is 11.6 Å². The van der Waals surface area contributed by atoms with E-state index in [1.807, 2.05) is 0 Å². The summed E-state index contributed by atoms with van der Waals surface area (Å²) in [4.78, 5) is 51.4. The first kappa shape index (κ1) is 27.6. The number of hydrogen-bond donors (Lipinski definition) is 2. The molecule has 0 bridgehead atoms. The number of carbonyl (C=O) groups excluding carboxylic acids is 2. The number of aryl methyl sites for hydroxylation is 2. The minimum atomic E-state index is -1.46. The highest BCUT2D eigenvalue weighted by atomic mass is 19.2. The van der Waals surface area contributed by atoms with E-state index in [-0.39, 0.29) is 23.1 Å². The Kier molecular flexibility index (Phi) is 7.62. The summed E-state index contributed by atoms with van der Waals surface area (Å²) in [7, 11) is 1.46. The number of nitrogens with zero attached hydrogens (tertiary/aromatic N) is 2. The van der Waals surface area contributed by atoms with E-state index < -0.39 is 70.9 Å². The Balaban J connectivity index is 1.73. The fourth-order valence-electron chi connectivity index (χ4n) is 5.06. The second-order valence-corrected chi connectivity index (χ2v) is 9.60. The van der Waals surface area contributed by atoms with Crippen LogP contribution in [0.3, 0.4) is 0 Å². The summed E-state index contributed by atoms with van der Waals surface area (Å²) < 4.78 is 45.9. The van der Waals surface area contributed by atoms with Gasteiger partial charge in [-0.1, -0.05) is 12.1 Å². The summed E-state index contributed by atoms with van der Waals surface area (Å²) in [6, 6.07) is 5.70. The number of carboxylic acids is 1. The number of halogens is 3. The molecule has 0 aliphatic carbocycles. The average Bonchev–Trinajstić information content (AvgIpc) is 3.13. The predicted molar refractivity (Wildman–Crippen MR) is 135 cm³/mol. The number of pyridine rings is 1. The molecule has 1 aliphatic heterocycles. The first-order valence-corrected chi connectivity index (χ1v) is 12.2. The highest BCUT2D eigenvalue weighted by Gasteiger charge is 2.44. The molecule has 0 radical (unpaired) electrons. The van der Waals surface area contributed by atoms with Gasteiger partial charge >= 0.3 is 5.97 Å². The van der Waals surface area contributed by atoms with E-state index in [9.17, 15) is 33.1 Å². The van der Waals surface area contributed by atoms with Gasteiger partial charge in [0, 0.05) is 30.4 Å². The Labute approximate surface area is 221 Å². The number of hydrogen-bond acceptors (Lipinski definition) is 4. The van der Waals surface area contributed by atoms with E-state index in [0.717, 1.165) is 23.1 Å². The second kappa shape index (κ2) is 10.8. The van der Waals surface area contributed by atoms with Gasteiger partial charge in [0.1, 0.15) is 17.4 Å². The van der Waals surface area contributed by atoms with Crippen molar-refractivity contribution in [2.75, 3.05) is 0 Å². The largest absolute Gasteiger partial charge is 0.481 e. The number of nitrogens with one attached hydrogen (secondary N) is 1. The maximum absolute atomic E-state index is 15.2. The van der Waals surface area contributed by atoms with Crippen molar-refractivity contribution in [3.8, 4) is 11.1 Å². The van der Waals surface area contributed by atoms with E-state index in [4.69, 9.17) is 0 Å². The van der Waals surface area contributed by atoms with E-state index >= 15 is 4.39 Å². The predicted octanol–water partition coefficient (Wildman–Crippen LogP) is 3.71. The molecule has 0 spiro atoms. The Hall–Kier alpha value is -4.41. The Morgan fingerprint density at radius 3 is 2.49 bits per heavy atom. The number of aromatic nitrogens is 1. The fourth-order valence-corrected chi connectivity index (χ4v) is 5.06. The van der Waals surface area contributed by atoms with Gasteiger partial charge in [-0.2, -0.15) is 0 Å². The maximum Gasteiger partial charge on any atom is 0.305 e. The van der Waals surface area contributed by atoms with Crippen LogP contribution in [0.25, 0.3) is 11.1 Å². The van der Waals surface area contributed by atoms with Crippen molar-refractivity contribution in [3.05, 3.63) is 93.2 Å². The number of benzene rings is 2. The molecule has 8 nitrogen and oxygen atoms in total. The van der Waals surface area contributed by atoms with Crippen LogP contribution in [0.5, 0.6) is 0 Å². The monoisotopic (exact) mass is 541 g/mol. The normalized spacial score (nSPS) is 17.8. The highest BCUT2D eigenvalue weighted by molar-refractivity contribution is 5.98. The number of carbonyl (C=O) groups is 3. The van der Waals surface area contributed by atoms with Crippen LogP contribution in [0.4, 0.5) is 13.2 Å². The third-order valence-corrected chi connectivity index (χ3v) is 6.91. The number of carboxylic acid groups (broad SMARTS) is 1. The highest BCUT2D eigenvalue weighted by Crippen LogP contribution is 2.38. The van der Waals surface area contributed by atoms with Crippen molar-refractivity contribution in [1.82, 2.24) is 14.8 Å².